The Labute approximate surface area is 119 Å². The van der Waals surface area contributed by atoms with Crippen molar-refractivity contribution in [2.75, 3.05) is 14.2 Å². The highest BCUT2D eigenvalue weighted by atomic mass is 16.5. The van der Waals surface area contributed by atoms with E-state index < -0.39 is 0 Å². The maximum absolute atomic E-state index is 6.38. The maximum Gasteiger partial charge on any atom is 0.127 e. The molecular formula is C16H20N2O2. The number of hydrogen-bond donors (Lipinski definition) is 1. The number of nitrogens with two attached hydrogens (primary N) is 1. The first-order chi connectivity index (χ1) is 9.71. The second kappa shape index (κ2) is 6.39. The van der Waals surface area contributed by atoms with Crippen molar-refractivity contribution in [3.8, 4) is 11.5 Å². The molecule has 1 atom stereocenters. The molecule has 0 saturated carbocycles. The Morgan fingerprint density at radius 2 is 2.00 bits per heavy atom. The summed E-state index contributed by atoms with van der Waals surface area (Å²) in [4.78, 5) is 4.43. The molecule has 20 heavy (non-hydrogen) atoms. The van der Waals surface area contributed by atoms with Gasteiger partial charge in [0.1, 0.15) is 11.5 Å². The number of methoxy groups -OCH3 is 2. The molecular weight excluding hydrogens is 252 g/mol. The number of benzene rings is 1. The molecule has 1 aromatic carbocycles. The summed E-state index contributed by atoms with van der Waals surface area (Å²) in [5.74, 6) is 1.46. The second-order valence-electron chi connectivity index (χ2n) is 4.49. The van der Waals surface area contributed by atoms with Crippen LogP contribution in [0.5, 0.6) is 11.5 Å². The summed E-state index contributed by atoms with van der Waals surface area (Å²) >= 11 is 0. The third-order valence-corrected chi connectivity index (χ3v) is 3.38. The molecule has 106 valence electrons. The number of aromatic nitrogens is 1. The molecule has 0 amide bonds. The van der Waals surface area contributed by atoms with Crippen LogP contribution in [0.2, 0.25) is 0 Å². The highest BCUT2D eigenvalue weighted by molar-refractivity contribution is 5.45. The summed E-state index contributed by atoms with van der Waals surface area (Å²) in [6.07, 6.45) is 2.67. The molecule has 0 aliphatic heterocycles. The zero-order chi connectivity index (χ0) is 14.5. The minimum atomic E-state index is -0.313. The van der Waals surface area contributed by atoms with E-state index in [2.05, 4.69) is 18.0 Å². The standard InChI is InChI=1S/C16H20N2O2/c1-4-11-6-5-9-18-16(11)15(17)13-8-7-12(19-2)10-14(13)20-3/h5-10,15H,4,17H2,1-3H3. The number of ether oxygens (including phenoxy) is 2. The number of pyridine rings is 1. The summed E-state index contributed by atoms with van der Waals surface area (Å²) in [5.41, 5.74) is 9.32. The van der Waals surface area contributed by atoms with Gasteiger partial charge in [0.2, 0.25) is 0 Å². The fourth-order valence-electron chi connectivity index (χ4n) is 2.25. The summed E-state index contributed by atoms with van der Waals surface area (Å²) in [5, 5.41) is 0. The summed E-state index contributed by atoms with van der Waals surface area (Å²) < 4.78 is 10.6. The molecule has 2 rings (SSSR count). The van der Waals surface area contributed by atoms with E-state index in [-0.39, 0.29) is 6.04 Å². The van der Waals surface area contributed by atoms with Crippen LogP contribution in [0.15, 0.2) is 36.5 Å². The lowest BCUT2D eigenvalue weighted by molar-refractivity contribution is 0.389. The quantitative estimate of drug-likeness (QED) is 0.909. The Bertz CT molecular complexity index is 584. The minimum Gasteiger partial charge on any atom is -0.497 e. The average molecular weight is 272 g/mol. The van der Waals surface area contributed by atoms with E-state index in [4.69, 9.17) is 15.2 Å². The van der Waals surface area contributed by atoms with Crippen LogP contribution in [0.4, 0.5) is 0 Å². The molecule has 1 aromatic heterocycles. The average Bonchev–Trinajstić information content (AvgIpc) is 2.53. The van der Waals surface area contributed by atoms with Crippen LogP contribution < -0.4 is 15.2 Å². The van der Waals surface area contributed by atoms with Gasteiger partial charge in [-0.2, -0.15) is 0 Å². The van der Waals surface area contributed by atoms with Gasteiger partial charge in [0.05, 0.1) is 26.0 Å². The van der Waals surface area contributed by atoms with Crippen LogP contribution in [0.25, 0.3) is 0 Å². The lowest BCUT2D eigenvalue weighted by Gasteiger charge is -2.18. The summed E-state index contributed by atoms with van der Waals surface area (Å²) in [6.45, 7) is 2.10. The van der Waals surface area contributed by atoms with Crippen LogP contribution in [0, 0.1) is 0 Å². The van der Waals surface area contributed by atoms with Crippen molar-refractivity contribution in [3.63, 3.8) is 0 Å². The Morgan fingerprint density at radius 3 is 2.65 bits per heavy atom. The van der Waals surface area contributed by atoms with Gasteiger partial charge in [-0.05, 0) is 30.2 Å². The number of aryl methyl sites for hydroxylation is 1. The largest absolute Gasteiger partial charge is 0.497 e. The molecule has 1 unspecified atom stereocenters. The molecule has 0 aliphatic carbocycles. The third kappa shape index (κ3) is 2.75. The highest BCUT2D eigenvalue weighted by Gasteiger charge is 2.18. The van der Waals surface area contributed by atoms with Crippen molar-refractivity contribution >= 4 is 0 Å². The van der Waals surface area contributed by atoms with Crippen molar-refractivity contribution in [1.29, 1.82) is 0 Å². The smallest absolute Gasteiger partial charge is 0.127 e. The van der Waals surface area contributed by atoms with E-state index in [1.54, 1.807) is 20.4 Å². The van der Waals surface area contributed by atoms with E-state index in [9.17, 15) is 0 Å². The summed E-state index contributed by atoms with van der Waals surface area (Å²) in [7, 11) is 3.26. The molecule has 4 nitrogen and oxygen atoms in total. The lowest BCUT2D eigenvalue weighted by Crippen LogP contribution is -2.16. The molecule has 0 fully saturated rings. The minimum absolute atomic E-state index is 0.313. The van der Waals surface area contributed by atoms with Crippen molar-refractivity contribution in [3.05, 3.63) is 53.3 Å². The monoisotopic (exact) mass is 272 g/mol. The van der Waals surface area contributed by atoms with Gasteiger partial charge in [-0.1, -0.05) is 13.0 Å². The van der Waals surface area contributed by atoms with Gasteiger partial charge in [0, 0.05) is 17.8 Å². The number of nitrogens with zero attached hydrogens (tertiary/aromatic N) is 1. The van der Waals surface area contributed by atoms with Gasteiger partial charge in [-0.3, -0.25) is 4.98 Å². The van der Waals surface area contributed by atoms with Gasteiger partial charge in [-0.15, -0.1) is 0 Å². The second-order valence-corrected chi connectivity index (χ2v) is 4.49. The first-order valence-corrected chi connectivity index (χ1v) is 6.62. The van der Waals surface area contributed by atoms with Gasteiger partial charge in [0.25, 0.3) is 0 Å². The van der Waals surface area contributed by atoms with E-state index in [0.29, 0.717) is 5.75 Å². The van der Waals surface area contributed by atoms with Gasteiger partial charge < -0.3 is 15.2 Å². The third-order valence-electron chi connectivity index (χ3n) is 3.38. The van der Waals surface area contributed by atoms with Gasteiger partial charge in [0.15, 0.2) is 0 Å². The zero-order valence-electron chi connectivity index (χ0n) is 12.1. The van der Waals surface area contributed by atoms with Crippen LogP contribution in [-0.2, 0) is 6.42 Å². The number of hydrogen-bond acceptors (Lipinski definition) is 4. The van der Waals surface area contributed by atoms with Crippen LogP contribution >= 0.6 is 0 Å². The molecule has 0 aliphatic rings. The molecule has 2 N–H and O–H groups in total. The van der Waals surface area contributed by atoms with Gasteiger partial charge in [-0.25, -0.2) is 0 Å². The lowest BCUT2D eigenvalue weighted by atomic mass is 9.98. The van der Waals surface area contributed by atoms with Crippen molar-refractivity contribution in [1.82, 2.24) is 4.98 Å². The fourth-order valence-corrected chi connectivity index (χ4v) is 2.25. The predicted molar refractivity (Wildman–Crippen MR) is 79.2 cm³/mol. The van der Waals surface area contributed by atoms with Crippen LogP contribution in [0.3, 0.4) is 0 Å². The molecule has 1 heterocycles. The van der Waals surface area contributed by atoms with E-state index in [1.165, 1.54) is 0 Å². The van der Waals surface area contributed by atoms with Crippen molar-refractivity contribution in [2.45, 2.75) is 19.4 Å². The van der Waals surface area contributed by atoms with Gasteiger partial charge >= 0.3 is 0 Å². The molecule has 2 aromatic rings. The first-order valence-electron chi connectivity index (χ1n) is 6.62. The summed E-state index contributed by atoms with van der Waals surface area (Å²) in [6, 6.07) is 9.32. The first kappa shape index (κ1) is 14.3. The highest BCUT2D eigenvalue weighted by Crippen LogP contribution is 2.32. The van der Waals surface area contributed by atoms with E-state index >= 15 is 0 Å². The van der Waals surface area contributed by atoms with E-state index in [0.717, 1.165) is 29.0 Å². The molecule has 0 radical (unpaired) electrons. The SMILES string of the molecule is CCc1cccnc1C(N)c1ccc(OC)cc1OC. The zero-order valence-corrected chi connectivity index (χ0v) is 12.1. The normalized spacial score (nSPS) is 12.0. The molecule has 0 spiro atoms. The maximum atomic E-state index is 6.38. The Balaban J connectivity index is 2.45. The Hall–Kier alpha value is -2.07. The Kier molecular flexibility index (Phi) is 4.58. The van der Waals surface area contributed by atoms with Crippen molar-refractivity contribution in [2.24, 2.45) is 5.73 Å². The van der Waals surface area contributed by atoms with E-state index in [1.807, 2.05) is 24.3 Å². The molecule has 4 heteroatoms. The predicted octanol–water partition coefficient (Wildman–Crippen LogP) is 2.71. The molecule has 0 bridgehead atoms. The topological polar surface area (TPSA) is 57.4 Å². The Morgan fingerprint density at radius 1 is 1.20 bits per heavy atom. The molecule has 0 saturated heterocycles. The van der Waals surface area contributed by atoms with Crippen LogP contribution in [-0.4, -0.2) is 19.2 Å². The van der Waals surface area contributed by atoms with Crippen molar-refractivity contribution < 1.29 is 9.47 Å². The number of rotatable bonds is 5. The van der Waals surface area contributed by atoms with Crippen LogP contribution in [0.1, 0.15) is 29.8 Å². The fraction of sp³-hybridized carbons (Fsp3) is 0.312.